The summed E-state index contributed by atoms with van der Waals surface area (Å²) in [5.74, 6) is 9.27. The van der Waals surface area contributed by atoms with E-state index in [-0.39, 0.29) is 0 Å². The van der Waals surface area contributed by atoms with Crippen molar-refractivity contribution >= 4 is 0 Å². The molecule has 5 fully saturated rings. The third kappa shape index (κ3) is 0.780. The second-order valence-corrected chi connectivity index (χ2v) is 8.10. The molecule has 0 aromatic rings. The number of fused-ring (bicyclic) bond motifs is 5. The van der Waals surface area contributed by atoms with Crippen molar-refractivity contribution < 1.29 is 0 Å². The van der Waals surface area contributed by atoms with E-state index >= 15 is 0 Å². The van der Waals surface area contributed by atoms with Crippen LogP contribution >= 0.6 is 0 Å². The molecular formula is C17H22. The molecular weight excluding hydrogens is 204 g/mol. The van der Waals surface area contributed by atoms with E-state index < -0.39 is 0 Å². The maximum absolute atomic E-state index is 2.08. The number of hydrogen-bond acceptors (Lipinski definition) is 0. The summed E-state index contributed by atoms with van der Waals surface area (Å²) in [6, 6.07) is 0. The van der Waals surface area contributed by atoms with E-state index in [1.54, 1.807) is 44.9 Å². The van der Waals surface area contributed by atoms with Gasteiger partial charge >= 0.3 is 0 Å². The van der Waals surface area contributed by atoms with Gasteiger partial charge in [-0.3, -0.25) is 0 Å². The Morgan fingerprint density at radius 1 is 0.824 bits per heavy atom. The molecule has 6 aliphatic rings. The van der Waals surface area contributed by atoms with Gasteiger partial charge in [-0.25, -0.2) is 0 Å². The van der Waals surface area contributed by atoms with Crippen molar-refractivity contribution in [2.75, 3.05) is 0 Å². The molecule has 8 unspecified atom stereocenters. The Kier molecular flexibility index (Phi) is 1.31. The molecule has 0 heteroatoms. The lowest BCUT2D eigenvalue weighted by Crippen LogP contribution is -2.30. The van der Waals surface area contributed by atoms with Crippen molar-refractivity contribution in [1.29, 1.82) is 0 Å². The molecule has 0 heterocycles. The Labute approximate surface area is 104 Å². The first-order valence-electron chi connectivity index (χ1n) is 8.13. The monoisotopic (exact) mass is 226 g/mol. The fraction of sp³-hybridized carbons (Fsp3) is 0.882. The molecule has 0 saturated heterocycles. The summed E-state index contributed by atoms with van der Waals surface area (Å²) in [6.45, 7) is 0. The van der Waals surface area contributed by atoms with Crippen molar-refractivity contribution in [2.45, 2.75) is 44.9 Å². The molecule has 0 aromatic heterocycles. The first-order valence-corrected chi connectivity index (χ1v) is 8.13. The fourth-order valence-corrected chi connectivity index (χ4v) is 7.97. The smallest absolute Gasteiger partial charge is 0.0132 e. The topological polar surface area (TPSA) is 0 Å². The van der Waals surface area contributed by atoms with Crippen LogP contribution in [0.2, 0.25) is 0 Å². The summed E-state index contributed by atoms with van der Waals surface area (Å²) in [5, 5.41) is 0. The second kappa shape index (κ2) is 2.53. The minimum Gasteiger partial charge on any atom is -0.0698 e. The van der Waals surface area contributed by atoms with Gasteiger partial charge in [0.15, 0.2) is 0 Å². The number of rotatable bonds is 0. The van der Waals surface area contributed by atoms with E-state index in [4.69, 9.17) is 0 Å². The van der Waals surface area contributed by atoms with Crippen molar-refractivity contribution in [1.82, 2.24) is 0 Å². The highest BCUT2D eigenvalue weighted by Gasteiger charge is 2.68. The van der Waals surface area contributed by atoms with Gasteiger partial charge in [0, 0.05) is 0 Å². The lowest BCUT2D eigenvalue weighted by Gasteiger charge is -2.36. The van der Waals surface area contributed by atoms with Gasteiger partial charge in [-0.05, 0) is 92.3 Å². The summed E-state index contributed by atoms with van der Waals surface area (Å²) in [7, 11) is 0. The minimum absolute atomic E-state index is 1.11. The third-order valence-corrected chi connectivity index (χ3v) is 7.94. The zero-order valence-corrected chi connectivity index (χ0v) is 10.6. The molecule has 17 heavy (non-hydrogen) atoms. The quantitative estimate of drug-likeness (QED) is 0.547. The van der Waals surface area contributed by atoms with E-state index in [2.05, 4.69) is 5.57 Å². The molecule has 0 radical (unpaired) electrons. The summed E-state index contributed by atoms with van der Waals surface area (Å²) in [4.78, 5) is 0. The van der Waals surface area contributed by atoms with E-state index in [9.17, 15) is 0 Å². The van der Waals surface area contributed by atoms with Crippen molar-refractivity contribution in [3.8, 4) is 0 Å². The lowest BCUT2D eigenvalue weighted by atomic mass is 9.68. The zero-order valence-electron chi connectivity index (χ0n) is 10.6. The molecule has 0 N–H and O–H groups in total. The molecule has 90 valence electrons. The molecule has 0 aromatic carbocycles. The molecule has 0 spiro atoms. The largest absolute Gasteiger partial charge is 0.0698 e. The molecule has 0 aliphatic heterocycles. The van der Waals surface area contributed by atoms with Gasteiger partial charge in [0.05, 0.1) is 0 Å². The fourth-order valence-electron chi connectivity index (χ4n) is 7.97. The predicted molar refractivity (Wildman–Crippen MR) is 67.3 cm³/mol. The Hall–Kier alpha value is -0.260. The van der Waals surface area contributed by atoms with Gasteiger partial charge in [0.1, 0.15) is 0 Å². The Morgan fingerprint density at radius 2 is 1.82 bits per heavy atom. The van der Waals surface area contributed by atoms with Gasteiger partial charge in [0.2, 0.25) is 0 Å². The van der Waals surface area contributed by atoms with Crippen molar-refractivity contribution in [3.63, 3.8) is 0 Å². The zero-order chi connectivity index (χ0) is 10.7. The van der Waals surface area contributed by atoms with Crippen LogP contribution in [0.25, 0.3) is 0 Å². The lowest BCUT2D eigenvalue weighted by molar-refractivity contribution is 0.150. The van der Waals surface area contributed by atoms with Crippen LogP contribution in [0, 0.1) is 47.3 Å². The van der Waals surface area contributed by atoms with Crippen LogP contribution in [0.1, 0.15) is 44.9 Å². The highest BCUT2D eigenvalue weighted by molar-refractivity contribution is 5.41. The van der Waals surface area contributed by atoms with Crippen LogP contribution in [0.15, 0.2) is 11.1 Å². The number of hydrogen-bond donors (Lipinski definition) is 0. The van der Waals surface area contributed by atoms with Crippen molar-refractivity contribution in [2.24, 2.45) is 47.3 Å². The maximum Gasteiger partial charge on any atom is -0.0132 e. The third-order valence-electron chi connectivity index (χ3n) is 7.94. The average Bonchev–Trinajstić information content (AvgIpc) is 3.05. The molecule has 5 saturated carbocycles. The van der Waals surface area contributed by atoms with Gasteiger partial charge in [-0.2, -0.15) is 0 Å². The van der Waals surface area contributed by atoms with Crippen LogP contribution in [0.5, 0.6) is 0 Å². The van der Waals surface area contributed by atoms with Gasteiger partial charge < -0.3 is 0 Å². The Balaban J connectivity index is 1.63. The Bertz CT molecular complexity index is 445. The SMILES string of the molecule is C1CC2CC1CC1=C3C4CCC5C3C(C1)C2C45. The summed E-state index contributed by atoms with van der Waals surface area (Å²) < 4.78 is 0. The highest BCUT2D eigenvalue weighted by atomic mass is 14.7. The summed E-state index contributed by atoms with van der Waals surface area (Å²) in [5.41, 5.74) is 4.10. The highest BCUT2D eigenvalue weighted by Crippen LogP contribution is 2.76. The Morgan fingerprint density at radius 3 is 2.82 bits per heavy atom. The molecule has 0 amide bonds. The number of allylic oxidation sites excluding steroid dienone is 2. The first-order chi connectivity index (χ1) is 8.42. The van der Waals surface area contributed by atoms with Gasteiger partial charge in [-0.15, -0.1) is 0 Å². The van der Waals surface area contributed by atoms with E-state index in [1.807, 2.05) is 5.57 Å². The normalized spacial score (nSPS) is 64.9. The molecule has 6 aliphatic carbocycles. The minimum atomic E-state index is 1.11. The van der Waals surface area contributed by atoms with Gasteiger partial charge in [0.25, 0.3) is 0 Å². The van der Waals surface area contributed by atoms with Crippen molar-refractivity contribution in [3.05, 3.63) is 11.1 Å². The first kappa shape index (κ1) is 8.77. The average molecular weight is 226 g/mol. The van der Waals surface area contributed by atoms with Crippen LogP contribution in [-0.4, -0.2) is 0 Å². The maximum atomic E-state index is 2.08. The van der Waals surface area contributed by atoms with E-state index in [0.29, 0.717) is 0 Å². The van der Waals surface area contributed by atoms with E-state index in [1.165, 1.54) is 23.7 Å². The van der Waals surface area contributed by atoms with Crippen LogP contribution in [-0.2, 0) is 0 Å². The molecule has 6 rings (SSSR count). The molecule has 8 atom stereocenters. The van der Waals surface area contributed by atoms with Gasteiger partial charge in [-0.1, -0.05) is 11.1 Å². The van der Waals surface area contributed by atoms with Crippen LogP contribution in [0.4, 0.5) is 0 Å². The second-order valence-electron chi connectivity index (χ2n) is 8.10. The van der Waals surface area contributed by atoms with Crippen LogP contribution in [0.3, 0.4) is 0 Å². The molecule has 8 bridgehead atoms. The molecule has 0 nitrogen and oxygen atoms in total. The van der Waals surface area contributed by atoms with Crippen LogP contribution < -0.4 is 0 Å². The van der Waals surface area contributed by atoms with E-state index in [0.717, 1.165) is 23.7 Å². The standard InChI is InChI=1S/C17H22/c1-2-9-5-8(1)6-10-7-13-14(9)16-11-3-4-12(16)17(13)15(10)11/h8-9,11-14,16-17H,1-7H2. The summed E-state index contributed by atoms with van der Waals surface area (Å²) >= 11 is 0. The predicted octanol–water partition coefficient (Wildman–Crippen LogP) is 4.02. The summed E-state index contributed by atoms with van der Waals surface area (Å²) in [6.07, 6.45) is 11.1.